The number of Topliss-reactive ketones (excluding diaryl/α,β-unsaturated/α-hetero) is 1. The SMILES string of the molecule is CCN(C(=O)C1CCCN1C(=O)C(NC(=O)C(CC1CCCCC1)NC(=O)c1cnccn1)C(C)(C)C)C(C)(C)C(=O)C(=O)N[C@@H](C)c1ccccc1. The van der Waals surface area contributed by atoms with Gasteiger partial charge in [-0.3, -0.25) is 33.8 Å². The third-order valence-electron chi connectivity index (χ3n) is 10.6. The second kappa shape index (κ2) is 17.9. The van der Waals surface area contributed by atoms with Crippen molar-refractivity contribution >= 4 is 35.3 Å². The summed E-state index contributed by atoms with van der Waals surface area (Å²) in [6, 6.07) is 6.01. The Morgan fingerprint density at radius 2 is 1.57 bits per heavy atom. The Labute approximate surface area is 313 Å². The Balaban J connectivity index is 1.51. The van der Waals surface area contributed by atoms with Crippen LogP contribution in [-0.4, -0.2) is 91.8 Å². The average Bonchev–Trinajstić information content (AvgIpc) is 3.64. The van der Waals surface area contributed by atoms with Gasteiger partial charge in [-0.15, -0.1) is 0 Å². The molecular weight excluding hydrogens is 674 g/mol. The van der Waals surface area contributed by atoms with Crippen LogP contribution in [0.25, 0.3) is 0 Å². The van der Waals surface area contributed by atoms with E-state index in [2.05, 4.69) is 25.9 Å². The van der Waals surface area contributed by atoms with Gasteiger partial charge in [-0.2, -0.15) is 0 Å². The van der Waals surface area contributed by atoms with Gasteiger partial charge in [0.15, 0.2) is 0 Å². The van der Waals surface area contributed by atoms with Gasteiger partial charge < -0.3 is 25.8 Å². The van der Waals surface area contributed by atoms with E-state index in [-0.39, 0.29) is 24.7 Å². The van der Waals surface area contributed by atoms with Gasteiger partial charge in [0.25, 0.3) is 11.8 Å². The van der Waals surface area contributed by atoms with Crippen LogP contribution in [0.5, 0.6) is 0 Å². The number of nitrogens with zero attached hydrogens (tertiary/aromatic N) is 4. The monoisotopic (exact) mass is 731 g/mol. The number of carbonyl (C=O) groups is 6. The van der Waals surface area contributed by atoms with Gasteiger partial charge in [-0.05, 0) is 63.9 Å². The van der Waals surface area contributed by atoms with Gasteiger partial charge in [0.05, 0.1) is 12.2 Å². The molecule has 4 atom stereocenters. The van der Waals surface area contributed by atoms with Crippen LogP contribution in [0.15, 0.2) is 48.9 Å². The van der Waals surface area contributed by atoms with E-state index in [1.807, 2.05) is 51.1 Å². The summed E-state index contributed by atoms with van der Waals surface area (Å²) >= 11 is 0. The quantitative estimate of drug-likeness (QED) is 0.244. The highest BCUT2D eigenvalue weighted by molar-refractivity contribution is 6.39. The molecule has 2 heterocycles. The van der Waals surface area contributed by atoms with Gasteiger partial charge in [-0.25, -0.2) is 4.98 Å². The number of aromatic nitrogens is 2. The van der Waals surface area contributed by atoms with Crippen molar-refractivity contribution in [2.75, 3.05) is 13.1 Å². The maximum atomic E-state index is 14.5. The minimum Gasteiger partial charge on any atom is -0.343 e. The molecule has 13 heteroatoms. The number of nitrogens with one attached hydrogen (secondary N) is 3. The molecular formula is C40H57N7O6. The number of carbonyl (C=O) groups excluding carboxylic acids is 6. The van der Waals surface area contributed by atoms with E-state index in [0.717, 1.165) is 37.7 Å². The van der Waals surface area contributed by atoms with Gasteiger partial charge in [0.1, 0.15) is 29.4 Å². The Kier molecular flexibility index (Phi) is 13.9. The second-order valence-electron chi connectivity index (χ2n) is 15.9. The van der Waals surface area contributed by atoms with Crippen LogP contribution in [0.3, 0.4) is 0 Å². The molecule has 4 rings (SSSR count). The number of rotatable bonds is 14. The first-order valence-corrected chi connectivity index (χ1v) is 19.0. The minimum atomic E-state index is -1.51. The van der Waals surface area contributed by atoms with Crippen LogP contribution in [0.1, 0.15) is 122 Å². The van der Waals surface area contributed by atoms with Crippen LogP contribution in [0.2, 0.25) is 0 Å². The molecule has 1 aromatic heterocycles. The zero-order chi connectivity index (χ0) is 38.9. The van der Waals surface area contributed by atoms with E-state index in [1.165, 1.54) is 28.4 Å². The molecule has 3 unspecified atom stereocenters. The van der Waals surface area contributed by atoms with E-state index in [1.54, 1.807) is 27.7 Å². The predicted octanol–water partition coefficient (Wildman–Crippen LogP) is 4.14. The topological polar surface area (TPSA) is 171 Å². The number of hydrogen-bond donors (Lipinski definition) is 3. The predicted molar refractivity (Wildman–Crippen MR) is 200 cm³/mol. The fourth-order valence-corrected chi connectivity index (χ4v) is 7.47. The molecule has 3 N–H and O–H groups in total. The van der Waals surface area contributed by atoms with E-state index in [4.69, 9.17) is 0 Å². The molecule has 1 aliphatic heterocycles. The average molecular weight is 732 g/mol. The standard InChI is InChI=1S/C40H57N7O6/c1-8-47(40(6,7)33(48)36(51)43-26(2)28-18-13-10-14-19-28)37(52)31-20-15-23-46(31)38(53)32(39(3,4)5)45-34(49)29(24-27-16-11-9-12-17-27)44-35(50)30-25-41-21-22-42-30/h10,13-14,18-19,21-22,25-27,29,31-32H,8-9,11-12,15-17,20,23-24H2,1-7H3,(H,43,51)(H,44,50)(H,45,49)/t26-,29?,31?,32?/m0/s1. The van der Waals surface area contributed by atoms with E-state index >= 15 is 0 Å². The summed E-state index contributed by atoms with van der Waals surface area (Å²) in [6.07, 6.45) is 10.7. The molecule has 0 spiro atoms. The van der Waals surface area contributed by atoms with Crippen molar-refractivity contribution in [3.05, 3.63) is 60.2 Å². The minimum absolute atomic E-state index is 0.0842. The van der Waals surface area contributed by atoms with Gasteiger partial charge >= 0.3 is 0 Å². The Hall–Kier alpha value is -4.68. The molecule has 53 heavy (non-hydrogen) atoms. The van der Waals surface area contributed by atoms with Crippen molar-refractivity contribution < 1.29 is 28.8 Å². The van der Waals surface area contributed by atoms with Crippen molar-refractivity contribution in [1.29, 1.82) is 0 Å². The molecule has 2 aliphatic rings. The van der Waals surface area contributed by atoms with Crippen LogP contribution in [0.4, 0.5) is 0 Å². The Bertz CT molecular complexity index is 1600. The highest BCUT2D eigenvalue weighted by Crippen LogP contribution is 2.30. The summed E-state index contributed by atoms with van der Waals surface area (Å²) in [6.45, 7) is 12.5. The number of benzene rings is 1. The maximum absolute atomic E-state index is 14.5. The Morgan fingerprint density at radius 1 is 0.887 bits per heavy atom. The molecule has 2 aromatic rings. The molecule has 0 radical (unpaired) electrons. The second-order valence-corrected chi connectivity index (χ2v) is 15.9. The van der Waals surface area contributed by atoms with Crippen LogP contribution in [0, 0.1) is 11.3 Å². The molecule has 1 saturated carbocycles. The smallest absolute Gasteiger partial charge is 0.290 e. The number of likely N-dealkylation sites (N-methyl/N-ethyl adjacent to an activating group) is 1. The van der Waals surface area contributed by atoms with Crippen LogP contribution >= 0.6 is 0 Å². The summed E-state index contributed by atoms with van der Waals surface area (Å²) in [7, 11) is 0. The van der Waals surface area contributed by atoms with E-state index < -0.39 is 70.4 Å². The summed E-state index contributed by atoms with van der Waals surface area (Å²) < 4.78 is 0. The lowest BCUT2D eigenvalue weighted by Gasteiger charge is -2.41. The first-order valence-electron chi connectivity index (χ1n) is 19.0. The van der Waals surface area contributed by atoms with E-state index in [9.17, 15) is 28.8 Å². The lowest BCUT2D eigenvalue weighted by atomic mass is 9.83. The van der Waals surface area contributed by atoms with Gasteiger partial charge in [-0.1, -0.05) is 83.2 Å². The Morgan fingerprint density at radius 3 is 2.17 bits per heavy atom. The molecule has 1 saturated heterocycles. The third kappa shape index (κ3) is 10.3. The number of hydrogen-bond acceptors (Lipinski definition) is 8. The van der Waals surface area contributed by atoms with Crippen LogP contribution in [-0.2, 0) is 24.0 Å². The van der Waals surface area contributed by atoms with Gasteiger partial charge in [0, 0.05) is 25.5 Å². The molecule has 288 valence electrons. The van der Waals surface area contributed by atoms with Gasteiger partial charge in [0.2, 0.25) is 23.5 Å². The number of likely N-dealkylation sites (tertiary alicyclic amines) is 1. The molecule has 1 aromatic carbocycles. The molecule has 13 nitrogen and oxygen atoms in total. The normalized spacial score (nSPS) is 18.3. The van der Waals surface area contributed by atoms with Crippen molar-refractivity contribution in [3.63, 3.8) is 0 Å². The zero-order valence-corrected chi connectivity index (χ0v) is 32.3. The summed E-state index contributed by atoms with van der Waals surface area (Å²) in [5.74, 6) is -3.21. The number of amides is 5. The zero-order valence-electron chi connectivity index (χ0n) is 32.3. The first-order chi connectivity index (χ1) is 25.1. The largest absolute Gasteiger partial charge is 0.343 e. The molecule has 0 bridgehead atoms. The van der Waals surface area contributed by atoms with Crippen molar-refractivity contribution in [3.8, 4) is 0 Å². The highest BCUT2D eigenvalue weighted by Gasteiger charge is 2.48. The third-order valence-corrected chi connectivity index (χ3v) is 10.6. The van der Waals surface area contributed by atoms with E-state index in [0.29, 0.717) is 19.3 Å². The van der Waals surface area contributed by atoms with Crippen LogP contribution < -0.4 is 16.0 Å². The molecule has 5 amide bonds. The summed E-state index contributed by atoms with van der Waals surface area (Å²) in [4.78, 5) is 93.8. The number of ketones is 1. The maximum Gasteiger partial charge on any atom is 0.290 e. The molecule has 2 fully saturated rings. The lowest BCUT2D eigenvalue weighted by Crippen LogP contribution is -2.63. The first kappa shape index (κ1) is 41.1. The molecule has 1 aliphatic carbocycles. The lowest BCUT2D eigenvalue weighted by molar-refractivity contribution is -0.155. The summed E-state index contributed by atoms with van der Waals surface area (Å²) in [5, 5.41) is 8.57. The van der Waals surface area contributed by atoms with Crippen molar-refractivity contribution in [2.45, 2.75) is 130 Å². The fourth-order valence-electron chi connectivity index (χ4n) is 7.47. The fraction of sp³-hybridized carbons (Fsp3) is 0.600. The summed E-state index contributed by atoms with van der Waals surface area (Å²) in [5.41, 5.74) is -1.35. The van der Waals surface area contributed by atoms with Crippen molar-refractivity contribution in [1.82, 2.24) is 35.7 Å². The van der Waals surface area contributed by atoms with Crippen molar-refractivity contribution in [2.24, 2.45) is 11.3 Å². The highest BCUT2D eigenvalue weighted by atomic mass is 16.2.